The molecule has 0 heterocycles. The predicted octanol–water partition coefficient (Wildman–Crippen LogP) is 11.0. The molecule has 0 aliphatic carbocycles. The summed E-state index contributed by atoms with van der Waals surface area (Å²) in [5, 5.41) is 5.84. The van der Waals surface area contributed by atoms with Crippen molar-refractivity contribution in [3.63, 3.8) is 0 Å². The molecule has 0 saturated carbocycles. The second-order valence-electron chi connectivity index (χ2n) is 10.4. The Bertz CT molecular complexity index is 1150. The molecule has 0 bridgehead atoms. The van der Waals surface area contributed by atoms with E-state index in [1.54, 1.807) is 23.3 Å². The molecule has 0 radical (unpaired) electrons. The zero-order valence-corrected chi connectivity index (χ0v) is 30.9. The quantitative estimate of drug-likeness (QED) is 0.146. The first-order valence-electron chi connectivity index (χ1n) is 12.9. The molecule has 0 aliphatic rings. The van der Waals surface area contributed by atoms with Gasteiger partial charge in [0.25, 0.3) is 0 Å². The fourth-order valence-electron chi connectivity index (χ4n) is 4.68. The van der Waals surface area contributed by atoms with E-state index in [2.05, 4.69) is 117 Å². The monoisotopic (exact) mass is 706 g/mol. The number of rotatable bonds is 4. The number of aryl methyl sites for hydroxylation is 4. The fraction of sp³-hybridized carbons (Fsp3) is 0.438. The number of benzene rings is 2. The minimum atomic E-state index is 0. The molecule has 0 fully saturated rings. The van der Waals surface area contributed by atoms with Gasteiger partial charge in [0, 0.05) is 0 Å². The number of hydrogen-bond donors (Lipinski definition) is 0. The van der Waals surface area contributed by atoms with E-state index in [0.717, 1.165) is 12.8 Å². The van der Waals surface area contributed by atoms with E-state index in [1.165, 1.54) is 54.9 Å². The van der Waals surface area contributed by atoms with Gasteiger partial charge in [-0.15, -0.1) is 102 Å². The van der Waals surface area contributed by atoms with Crippen molar-refractivity contribution in [3.8, 4) is 0 Å². The van der Waals surface area contributed by atoms with Gasteiger partial charge in [0.1, 0.15) is 0 Å². The van der Waals surface area contributed by atoms with Gasteiger partial charge in [-0.1, -0.05) is 91.5 Å². The van der Waals surface area contributed by atoms with Gasteiger partial charge in [-0.25, -0.2) is 0 Å². The van der Waals surface area contributed by atoms with Crippen LogP contribution in [0.15, 0.2) is 48.5 Å². The fourth-order valence-corrected chi connectivity index (χ4v) is 4.68. The van der Waals surface area contributed by atoms with E-state index in [9.17, 15) is 0 Å². The van der Waals surface area contributed by atoms with Crippen LogP contribution < -0.4 is 0 Å². The van der Waals surface area contributed by atoms with E-state index in [4.69, 9.17) is 0 Å². The molecule has 4 aromatic rings. The molecule has 0 spiro atoms. The normalized spacial score (nSPS) is 10.4. The minimum absolute atomic E-state index is 0. The van der Waals surface area contributed by atoms with Crippen molar-refractivity contribution in [2.75, 3.05) is 0 Å². The van der Waals surface area contributed by atoms with Crippen LogP contribution in [0.25, 0.3) is 21.5 Å². The van der Waals surface area contributed by atoms with Crippen molar-refractivity contribution in [1.29, 1.82) is 0 Å². The molecule has 0 aromatic heterocycles. The topological polar surface area (TPSA) is 0 Å². The van der Waals surface area contributed by atoms with Crippen LogP contribution in [0.1, 0.15) is 86.8 Å². The third-order valence-corrected chi connectivity index (χ3v) is 6.32. The maximum absolute atomic E-state index is 2.32. The number of hydrogen-bond acceptors (Lipinski definition) is 0. The van der Waals surface area contributed by atoms with Crippen molar-refractivity contribution in [2.24, 2.45) is 0 Å². The zero-order chi connectivity index (χ0) is 25.6. The summed E-state index contributed by atoms with van der Waals surface area (Å²) in [5.41, 5.74) is 8.89. The van der Waals surface area contributed by atoms with Gasteiger partial charge in [0.05, 0.1) is 0 Å². The molecule has 0 aliphatic heterocycles. The summed E-state index contributed by atoms with van der Waals surface area (Å²) in [5.74, 6) is 1.22. The molecule has 0 atom stereocenters. The first-order valence-corrected chi connectivity index (χ1v) is 19.1. The third kappa shape index (κ3) is 9.48. The molecule has 0 amide bonds. The zero-order valence-electron chi connectivity index (χ0n) is 24.0. The Morgan fingerprint density at radius 2 is 1.00 bits per heavy atom. The molecule has 4 rings (SSSR count). The molecule has 0 nitrogen and oxygen atoms in total. The molecule has 4 aromatic carbocycles. The van der Waals surface area contributed by atoms with Crippen LogP contribution in [-0.2, 0) is 36.2 Å². The van der Waals surface area contributed by atoms with E-state index < -0.39 is 0 Å². The van der Waals surface area contributed by atoms with Gasteiger partial charge < -0.3 is 0 Å². The van der Waals surface area contributed by atoms with Gasteiger partial charge in [-0.3, -0.25) is 0 Å². The van der Waals surface area contributed by atoms with Crippen molar-refractivity contribution in [3.05, 3.63) is 81.9 Å². The van der Waals surface area contributed by atoms with Crippen molar-refractivity contribution >= 4 is 60.9 Å². The van der Waals surface area contributed by atoms with Crippen LogP contribution in [0.4, 0.5) is 0 Å². The molecule has 0 unspecified atom stereocenters. The summed E-state index contributed by atoms with van der Waals surface area (Å²) >= 11 is 1.74. The molecule has 4 heteroatoms. The SMILES string of the molecule is Br.Br.CCc1ccc(C(C)C)c2cc(C)[cH-]c12.CCc1ccc(C(C)C)c2cc(C)[cH-]c12.C[Si](C)=[Zr+2]. The Kier molecular flexibility index (Phi) is 16.5. The number of fused-ring (bicyclic) bond motifs is 2. The Hall–Kier alpha value is -0.280. The van der Waals surface area contributed by atoms with E-state index >= 15 is 0 Å². The molecule has 0 saturated heterocycles. The molecular formula is C32H46Br2SiZr. The molecular weight excluding hydrogens is 663 g/mol. The second kappa shape index (κ2) is 16.6. The van der Waals surface area contributed by atoms with Crippen molar-refractivity contribution in [1.82, 2.24) is 0 Å². The Morgan fingerprint density at radius 1 is 0.694 bits per heavy atom. The van der Waals surface area contributed by atoms with Crippen LogP contribution in [0, 0.1) is 13.8 Å². The van der Waals surface area contributed by atoms with Gasteiger partial charge in [0.15, 0.2) is 0 Å². The average Bonchev–Trinajstić information content (AvgIpc) is 3.33. The first kappa shape index (κ1) is 35.7. The van der Waals surface area contributed by atoms with E-state index in [1.807, 2.05) is 0 Å². The van der Waals surface area contributed by atoms with Crippen LogP contribution in [0.2, 0.25) is 13.1 Å². The van der Waals surface area contributed by atoms with Crippen LogP contribution in [0.5, 0.6) is 0 Å². The van der Waals surface area contributed by atoms with Crippen LogP contribution >= 0.6 is 34.0 Å². The van der Waals surface area contributed by atoms with Crippen LogP contribution in [0.3, 0.4) is 0 Å². The third-order valence-electron chi connectivity index (χ3n) is 6.32. The van der Waals surface area contributed by atoms with Crippen molar-refractivity contribution < 1.29 is 23.3 Å². The Morgan fingerprint density at radius 3 is 1.25 bits per heavy atom. The van der Waals surface area contributed by atoms with Gasteiger partial charge in [-0.05, 0) is 11.8 Å². The first-order chi connectivity index (χ1) is 16.0. The molecule has 36 heavy (non-hydrogen) atoms. The summed E-state index contributed by atoms with van der Waals surface area (Å²) in [7, 11) is 0. The van der Waals surface area contributed by atoms with Gasteiger partial charge in [-0.2, -0.15) is 12.1 Å². The number of halogens is 2. The van der Waals surface area contributed by atoms with Crippen molar-refractivity contribution in [2.45, 2.75) is 93.2 Å². The molecule has 196 valence electrons. The summed E-state index contributed by atoms with van der Waals surface area (Å²) < 4.78 is 0. The Labute approximate surface area is 257 Å². The second-order valence-corrected chi connectivity index (χ2v) is 19.7. The summed E-state index contributed by atoms with van der Waals surface area (Å²) in [6.45, 7) is 22.5. The summed E-state index contributed by atoms with van der Waals surface area (Å²) in [4.78, 5) is 0. The van der Waals surface area contributed by atoms with Gasteiger partial charge in [0.2, 0.25) is 0 Å². The molecule has 0 N–H and O–H groups in total. The standard InChI is InChI=1S/2C15H19.C2H6Si.2BrH.Zr/c2*1-5-12-6-7-13(10(2)3)15-9-11(4)8-14(12)15;1-3-2;;;/h2*6-10H,5H2,1-4H3;1-2H3;2*1H;/q2*-1;;;;+2. The maximum atomic E-state index is 2.32. The van der Waals surface area contributed by atoms with E-state index in [0.29, 0.717) is 11.8 Å². The predicted molar refractivity (Wildman–Crippen MR) is 174 cm³/mol. The van der Waals surface area contributed by atoms with E-state index in [-0.39, 0.29) is 39.4 Å². The van der Waals surface area contributed by atoms with Crippen LogP contribution in [-0.4, -0.2) is 5.43 Å². The summed E-state index contributed by atoms with van der Waals surface area (Å²) in [6, 6.07) is 18.5. The Balaban J connectivity index is 0.000000566. The van der Waals surface area contributed by atoms with Gasteiger partial charge >= 0.3 is 41.9 Å². The average molecular weight is 710 g/mol. The summed E-state index contributed by atoms with van der Waals surface area (Å²) in [6.07, 6.45) is 2.25.